The van der Waals surface area contributed by atoms with Gasteiger partial charge in [-0.05, 0) is 61.0 Å². The summed E-state index contributed by atoms with van der Waals surface area (Å²) in [5.41, 5.74) is 2.96. The Hall–Kier alpha value is -3.31. The summed E-state index contributed by atoms with van der Waals surface area (Å²) in [6.45, 7) is 1.84. The second-order valence-corrected chi connectivity index (χ2v) is 6.54. The summed E-state index contributed by atoms with van der Waals surface area (Å²) in [5, 5.41) is 6.22. The summed E-state index contributed by atoms with van der Waals surface area (Å²) in [6, 6.07) is 18.8. The van der Waals surface area contributed by atoms with E-state index in [1.54, 1.807) is 73.8 Å². The number of halogens is 1. The van der Waals surface area contributed by atoms with Crippen molar-refractivity contribution in [2.45, 2.75) is 6.92 Å². The van der Waals surface area contributed by atoms with Crippen LogP contribution in [0.15, 0.2) is 66.7 Å². The summed E-state index contributed by atoms with van der Waals surface area (Å²) in [4.78, 5) is 24.9. The SMILES string of the molecule is COc1cccc(NC(=O)c2ccc(C(=O)Nc3cccc(Cl)c3C)cc2)c1. The maximum Gasteiger partial charge on any atom is 0.255 e. The molecule has 2 N–H and O–H groups in total. The third-order valence-electron chi connectivity index (χ3n) is 4.25. The lowest BCUT2D eigenvalue weighted by Crippen LogP contribution is -2.15. The average Bonchev–Trinajstić information content (AvgIpc) is 2.71. The van der Waals surface area contributed by atoms with E-state index in [2.05, 4.69) is 10.6 Å². The van der Waals surface area contributed by atoms with Crippen LogP contribution in [0.4, 0.5) is 11.4 Å². The molecule has 3 rings (SSSR count). The first-order chi connectivity index (χ1) is 13.5. The number of amides is 2. The van der Waals surface area contributed by atoms with E-state index in [0.717, 1.165) is 5.56 Å². The molecule has 0 aliphatic heterocycles. The number of benzene rings is 3. The molecule has 0 spiro atoms. The van der Waals surface area contributed by atoms with E-state index >= 15 is 0 Å². The molecule has 0 radical (unpaired) electrons. The van der Waals surface area contributed by atoms with Crippen LogP contribution in [-0.4, -0.2) is 18.9 Å². The van der Waals surface area contributed by atoms with Crippen LogP contribution < -0.4 is 15.4 Å². The van der Waals surface area contributed by atoms with Gasteiger partial charge in [0.15, 0.2) is 0 Å². The van der Waals surface area contributed by atoms with Gasteiger partial charge in [0.1, 0.15) is 5.75 Å². The van der Waals surface area contributed by atoms with Crippen LogP contribution in [0.5, 0.6) is 5.75 Å². The number of hydrogen-bond donors (Lipinski definition) is 2. The molecular formula is C22H19ClN2O3. The third-order valence-corrected chi connectivity index (χ3v) is 4.66. The number of methoxy groups -OCH3 is 1. The number of hydrogen-bond acceptors (Lipinski definition) is 3. The molecule has 3 aromatic rings. The molecule has 6 heteroatoms. The molecule has 0 saturated carbocycles. The lowest BCUT2D eigenvalue weighted by atomic mass is 10.1. The Balaban J connectivity index is 1.69. The lowest BCUT2D eigenvalue weighted by Gasteiger charge is -2.10. The van der Waals surface area contributed by atoms with Crippen LogP contribution in [0.2, 0.25) is 5.02 Å². The molecule has 0 atom stereocenters. The summed E-state index contributed by atoms with van der Waals surface area (Å²) in [6.07, 6.45) is 0. The van der Waals surface area contributed by atoms with Crippen molar-refractivity contribution in [2.75, 3.05) is 17.7 Å². The van der Waals surface area contributed by atoms with Gasteiger partial charge in [-0.25, -0.2) is 0 Å². The first kappa shape index (κ1) is 19.5. The minimum absolute atomic E-state index is 0.272. The quantitative estimate of drug-likeness (QED) is 0.628. The number of carbonyl (C=O) groups is 2. The van der Waals surface area contributed by atoms with E-state index in [4.69, 9.17) is 16.3 Å². The average molecular weight is 395 g/mol. The van der Waals surface area contributed by atoms with Crippen LogP contribution in [-0.2, 0) is 0 Å². The molecule has 0 heterocycles. The topological polar surface area (TPSA) is 67.4 Å². The zero-order chi connectivity index (χ0) is 20.1. The molecule has 0 saturated heterocycles. The van der Waals surface area contributed by atoms with Crippen LogP contribution in [0.25, 0.3) is 0 Å². The normalized spacial score (nSPS) is 10.2. The largest absolute Gasteiger partial charge is 0.497 e. The van der Waals surface area contributed by atoms with E-state index < -0.39 is 0 Å². The summed E-state index contributed by atoms with van der Waals surface area (Å²) >= 11 is 6.08. The maximum atomic E-state index is 12.5. The van der Waals surface area contributed by atoms with Crippen molar-refractivity contribution < 1.29 is 14.3 Å². The predicted octanol–water partition coefficient (Wildman–Crippen LogP) is 5.16. The molecule has 5 nitrogen and oxygen atoms in total. The van der Waals surface area contributed by atoms with Crippen molar-refractivity contribution in [3.63, 3.8) is 0 Å². The highest BCUT2D eigenvalue weighted by Crippen LogP contribution is 2.23. The molecule has 0 aromatic heterocycles. The molecule has 0 bridgehead atoms. The molecule has 28 heavy (non-hydrogen) atoms. The minimum atomic E-state index is -0.273. The van der Waals surface area contributed by atoms with Crippen molar-refractivity contribution >= 4 is 34.8 Å². The molecule has 0 aliphatic carbocycles. The molecule has 142 valence electrons. The van der Waals surface area contributed by atoms with Gasteiger partial charge >= 0.3 is 0 Å². The van der Waals surface area contributed by atoms with E-state index in [0.29, 0.717) is 33.3 Å². The van der Waals surface area contributed by atoms with Gasteiger partial charge < -0.3 is 15.4 Å². The van der Waals surface area contributed by atoms with Gasteiger partial charge in [-0.2, -0.15) is 0 Å². The van der Waals surface area contributed by atoms with E-state index in [1.807, 2.05) is 6.92 Å². The number of rotatable bonds is 5. The van der Waals surface area contributed by atoms with E-state index in [1.165, 1.54) is 0 Å². The molecule has 0 aliphatic rings. The molecular weight excluding hydrogens is 376 g/mol. The number of nitrogens with one attached hydrogen (secondary N) is 2. The Morgan fingerprint density at radius 1 is 0.857 bits per heavy atom. The Morgan fingerprint density at radius 2 is 1.46 bits per heavy atom. The Labute approximate surface area is 168 Å². The summed E-state index contributed by atoms with van der Waals surface area (Å²) < 4.78 is 5.14. The number of anilines is 2. The van der Waals surface area contributed by atoms with Crippen molar-refractivity contribution in [2.24, 2.45) is 0 Å². The van der Waals surface area contributed by atoms with Gasteiger partial charge in [-0.15, -0.1) is 0 Å². The monoisotopic (exact) mass is 394 g/mol. The smallest absolute Gasteiger partial charge is 0.255 e. The second kappa shape index (κ2) is 8.59. The zero-order valence-corrected chi connectivity index (χ0v) is 16.2. The third kappa shape index (κ3) is 4.50. The van der Waals surface area contributed by atoms with Gasteiger partial charge in [-0.1, -0.05) is 23.7 Å². The summed E-state index contributed by atoms with van der Waals surface area (Å²) in [7, 11) is 1.57. The standard InChI is InChI=1S/C22H19ClN2O3/c1-14-19(23)7-4-8-20(14)25-22(27)16-11-9-15(10-12-16)21(26)24-17-5-3-6-18(13-17)28-2/h3-13H,1-2H3,(H,24,26)(H,25,27). The fourth-order valence-corrected chi connectivity index (χ4v) is 2.79. The first-order valence-corrected chi connectivity index (χ1v) is 8.97. The van der Waals surface area contributed by atoms with Crippen molar-refractivity contribution in [3.05, 3.63) is 88.4 Å². The van der Waals surface area contributed by atoms with E-state index in [-0.39, 0.29) is 11.8 Å². The van der Waals surface area contributed by atoms with Gasteiger partial charge in [-0.3, -0.25) is 9.59 Å². The number of ether oxygens (including phenoxy) is 1. The van der Waals surface area contributed by atoms with Gasteiger partial charge in [0.05, 0.1) is 7.11 Å². The summed E-state index contributed by atoms with van der Waals surface area (Å²) in [5.74, 6) is 0.108. The fourth-order valence-electron chi connectivity index (χ4n) is 2.61. The van der Waals surface area contributed by atoms with Crippen LogP contribution >= 0.6 is 11.6 Å². The Bertz CT molecular complexity index is 1020. The van der Waals surface area contributed by atoms with Crippen LogP contribution in [0.3, 0.4) is 0 Å². The van der Waals surface area contributed by atoms with Crippen molar-refractivity contribution in [3.8, 4) is 5.75 Å². The van der Waals surface area contributed by atoms with Gasteiger partial charge in [0, 0.05) is 33.6 Å². The fraction of sp³-hybridized carbons (Fsp3) is 0.0909. The van der Waals surface area contributed by atoms with E-state index in [9.17, 15) is 9.59 Å². The van der Waals surface area contributed by atoms with Gasteiger partial charge in [0.25, 0.3) is 11.8 Å². The number of carbonyl (C=O) groups excluding carboxylic acids is 2. The Kier molecular flexibility index (Phi) is 5.96. The highest BCUT2D eigenvalue weighted by atomic mass is 35.5. The maximum absolute atomic E-state index is 12.5. The van der Waals surface area contributed by atoms with Gasteiger partial charge in [0.2, 0.25) is 0 Å². The second-order valence-electron chi connectivity index (χ2n) is 6.13. The Morgan fingerprint density at radius 3 is 2.11 bits per heavy atom. The lowest BCUT2D eigenvalue weighted by molar-refractivity contribution is 0.101. The highest BCUT2D eigenvalue weighted by molar-refractivity contribution is 6.31. The predicted molar refractivity (Wildman–Crippen MR) is 112 cm³/mol. The zero-order valence-electron chi connectivity index (χ0n) is 15.5. The molecule has 3 aromatic carbocycles. The molecule has 0 unspecified atom stereocenters. The van der Waals surface area contributed by atoms with Crippen molar-refractivity contribution in [1.29, 1.82) is 0 Å². The molecule has 2 amide bonds. The first-order valence-electron chi connectivity index (χ1n) is 8.60. The minimum Gasteiger partial charge on any atom is -0.497 e. The van der Waals surface area contributed by atoms with Crippen LogP contribution in [0, 0.1) is 6.92 Å². The van der Waals surface area contributed by atoms with Crippen LogP contribution in [0.1, 0.15) is 26.3 Å². The highest BCUT2D eigenvalue weighted by Gasteiger charge is 2.11. The van der Waals surface area contributed by atoms with Crippen molar-refractivity contribution in [1.82, 2.24) is 0 Å². The molecule has 0 fully saturated rings.